The highest BCUT2D eigenvalue weighted by Gasteiger charge is 2.21. The molecular weight excluding hydrogens is 440 g/mol. The zero-order valence-electron chi connectivity index (χ0n) is 16.7. The van der Waals surface area contributed by atoms with E-state index in [-0.39, 0.29) is 10.8 Å². The molecule has 0 unspecified atom stereocenters. The van der Waals surface area contributed by atoms with Gasteiger partial charge in [0.1, 0.15) is 5.69 Å². The second-order valence-electron chi connectivity index (χ2n) is 7.04. The van der Waals surface area contributed by atoms with Gasteiger partial charge in [0.25, 0.3) is 5.91 Å². The van der Waals surface area contributed by atoms with Crippen LogP contribution in [0.15, 0.2) is 47.4 Å². The van der Waals surface area contributed by atoms with E-state index in [4.69, 9.17) is 23.1 Å². The minimum absolute atomic E-state index is 0.0928. The number of nitrogens with zero attached hydrogens (tertiary/aromatic N) is 1. The highest BCUT2D eigenvalue weighted by atomic mass is 35.5. The Morgan fingerprint density at radius 3 is 2.45 bits per heavy atom. The van der Waals surface area contributed by atoms with E-state index in [9.17, 15) is 18.0 Å². The maximum absolute atomic E-state index is 12.9. The van der Waals surface area contributed by atoms with E-state index in [1.54, 1.807) is 36.7 Å². The van der Waals surface area contributed by atoms with Crippen LogP contribution in [0.3, 0.4) is 0 Å². The number of carbonyl (C=O) groups is 2. The molecular formula is C22H19ClN2O5S. The molecule has 0 bridgehead atoms. The number of rotatable bonds is 6. The number of aromatic nitrogens is 1. The van der Waals surface area contributed by atoms with Gasteiger partial charge in [-0.15, -0.1) is 6.42 Å². The van der Waals surface area contributed by atoms with Crippen molar-refractivity contribution in [2.45, 2.75) is 17.9 Å². The number of aliphatic carboxylic acids is 1. The van der Waals surface area contributed by atoms with Crippen molar-refractivity contribution >= 4 is 44.2 Å². The lowest BCUT2D eigenvalue weighted by Gasteiger charge is -2.15. The fourth-order valence-corrected chi connectivity index (χ4v) is 4.56. The summed E-state index contributed by atoms with van der Waals surface area (Å²) < 4.78 is 25.7. The summed E-state index contributed by atoms with van der Waals surface area (Å²) >= 11 is 6.29. The number of fused-ring (bicyclic) bond motifs is 1. The summed E-state index contributed by atoms with van der Waals surface area (Å²) in [5, 5.41) is 12.8. The van der Waals surface area contributed by atoms with Crippen LogP contribution in [0.4, 0.5) is 0 Å². The number of carboxylic acid groups (broad SMARTS) is 1. The number of hydrogen-bond acceptors (Lipinski definition) is 4. The highest BCUT2D eigenvalue weighted by molar-refractivity contribution is 7.92. The Bertz CT molecular complexity index is 1330. The van der Waals surface area contributed by atoms with Gasteiger partial charge in [0.15, 0.2) is 15.6 Å². The molecule has 3 rings (SSSR count). The monoisotopic (exact) mass is 458 g/mol. The van der Waals surface area contributed by atoms with Crippen LogP contribution < -0.4 is 5.32 Å². The Morgan fingerprint density at radius 1 is 1.23 bits per heavy atom. The lowest BCUT2D eigenvalue weighted by molar-refractivity contribution is -0.134. The predicted molar refractivity (Wildman–Crippen MR) is 118 cm³/mol. The summed E-state index contributed by atoms with van der Waals surface area (Å²) in [6.07, 6.45) is 5.45. The first-order valence-corrected chi connectivity index (χ1v) is 11.2. The fourth-order valence-electron chi connectivity index (χ4n) is 3.25. The molecule has 9 heteroatoms. The molecule has 0 aliphatic heterocycles. The van der Waals surface area contributed by atoms with Gasteiger partial charge in [0, 0.05) is 18.0 Å². The third-order valence-corrected chi connectivity index (χ3v) is 6.84. The van der Waals surface area contributed by atoms with Crippen molar-refractivity contribution in [1.82, 2.24) is 9.88 Å². The van der Waals surface area contributed by atoms with Gasteiger partial charge in [-0.05, 0) is 42.8 Å². The molecule has 1 aromatic heterocycles. The van der Waals surface area contributed by atoms with Gasteiger partial charge in [-0.25, -0.2) is 8.42 Å². The molecule has 2 N–H and O–H groups in total. The number of benzene rings is 2. The number of carbonyl (C=O) groups excluding carboxylic acids is 1. The van der Waals surface area contributed by atoms with Gasteiger partial charge in [0.2, 0.25) is 0 Å². The third kappa shape index (κ3) is 4.58. The maximum Gasteiger partial charge on any atom is 0.319 e. The first kappa shape index (κ1) is 22.4. The van der Waals surface area contributed by atoms with Crippen LogP contribution in [-0.4, -0.2) is 35.7 Å². The molecule has 0 aliphatic carbocycles. The first-order valence-electron chi connectivity index (χ1n) is 9.14. The molecule has 3 aromatic rings. The number of nitrogens with one attached hydrogen (secondary N) is 1. The van der Waals surface area contributed by atoms with Gasteiger partial charge < -0.3 is 15.0 Å². The average molecular weight is 459 g/mol. The molecule has 0 spiro atoms. The van der Waals surface area contributed by atoms with E-state index in [0.29, 0.717) is 27.2 Å². The Labute approximate surface area is 184 Å². The van der Waals surface area contributed by atoms with Crippen LogP contribution in [-0.2, 0) is 21.7 Å². The van der Waals surface area contributed by atoms with Crippen molar-refractivity contribution in [3.8, 4) is 12.3 Å². The number of aryl methyl sites for hydroxylation is 1. The third-order valence-electron chi connectivity index (χ3n) is 4.91. The smallest absolute Gasteiger partial charge is 0.319 e. The average Bonchev–Trinajstić information content (AvgIpc) is 3.04. The fraction of sp³-hybridized carbons (Fsp3) is 0.182. The minimum Gasteiger partial charge on any atom is -0.480 e. The number of sulfone groups is 1. The summed E-state index contributed by atoms with van der Waals surface area (Å²) in [6.45, 7) is 1.75. The number of amides is 1. The normalized spacial score (nSPS) is 12.3. The number of carboxylic acids is 1. The molecule has 2 aromatic carbocycles. The largest absolute Gasteiger partial charge is 0.480 e. The van der Waals surface area contributed by atoms with Gasteiger partial charge in [-0.3, -0.25) is 9.59 Å². The SMILES string of the molecule is C#Cc1cc(Cl)c2cc(C(=O)N[C@H](C)c3ccc(S(=O)(=O)CC(=O)O)cc3)n(C)c2c1. The van der Waals surface area contributed by atoms with Gasteiger partial charge in [-0.1, -0.05) is 29.7 Å². The molecule has 1 amide bonds. The molecule has 0 radical (unpaired) electrons. The molecule has 7 nitrogen and oxygen atoms in total. The van der Waals surface area contributed by atoms with E-state index >= 15 is 0 Å². The summed E-state index contributed by atoms with van der Waals surface area (Å²) in [4.78, 5) is 23.5. The van der Waals surface area contributed by atoms with Gasteiger partial charge in [0.05, 0.1) is 21.5 Å². The van der Waals surface area contributed by atoms with Gasteiger partial charge >= 0.3 is 5.97 Å². The summed E-state index contributed by atoms with van der Waals surface area (Å²) in [6, 6.07) is 10.4. The van der Waals surface area contributed by atoms with E-state index in [1.165, 1.54) is 24.3 Å². The van der Waals surface area contributed by atoms with Crippen LogP contribution in [0.5, 0.6) is 0 Å². The summed E-state index contributed by atoms with van der Waals surface area (Å²) in [5.74, 6) is -0.214. The summed E-state index contributed by atoms with van der Waals surface area (Å²) in [7, 11) is -2.18. The van der Waals surface area contributed by atoms with E-state index in [0.717, 1.165) is 5.52 Å². The summed E-state index contributed by atoms with van der Waals surface area (Å²) in [5.41, 5.74) is 2.39. The quantitative estimate of drug-likeness (QED) is 0.552. The van der Waals surface area contributed by atoms with E-state index in [1.807, 2.05) is 0 Å². The molecule has 1 heterocycles. The van der Waals surface area contributed by atoms with Gasteiger partial charge in [-0.2, -0.15) is 0 Å². The predicted octanol–water partition coefficient (Wildman–Crippen LogP) is 3.16. The van der Waals surface area contributed by atoms with Crippen LogP contribution in [0.2, 0.25) is 5.02 Å². The Kier molecular flexibility index (Phi) is 6.11. The van der Waals surface area contributed by atoms with Crippen molar-refractivity contribution in [2.24, 2.45) is 7.05 Å². The number of halogens is 1. The zero-order chi connectivity index (χ0) is 22.9. The van der Waals surface area contributed by atoms with Crippen molar-refractivity contribution in [2.75, 3.05) is 5.75 Å². The first-order chi connectivity index (χ1) is 14.5. The molecule has 0 fully saturated rings. The highest BCUT2D eigenvalue weighted by Crippen LogP contribution is 2.28. The molecule has 0 aliphatic rings. The van der Waals surface area contributed by atoms with Crippen molar-refractivity contribution in [1.29, 1.82) is 0 Å². The van der Waals surface area contributed by atoms with Crippen molar-refractivity contribution in [3.05, 3.63) is 64.3 Å². The Hall–Kier alpha value is -3.28. The van der Waals surface area contributed by atoms with Crippen molar-refractivity contribution in [3.63, 3.8) is 0 Å². The van der Waals surface area contributed by atoms with E-state index in [2.05, 4.69) is 11.2 Å². The van der Waals surface area contributed by atoms with Crippen LogP contribution >= 0.6 is 11.6 Å². The molecule has 0 saturated heterocycles. The van der Waals surface area contributed by atoms with Crippen LogP contribution in [0, 0.1) is 12.3 Å². The minimum atomic E-state index is -3.92. The Balaban J connectivity index is 1.83. The molecule has 160 valence electrons. The second-order valence-corrected chi connectivity index (χ2v) is 9.44. The number of terminal acetylenes is 1. The standard InChI is InChI=1S/C22H19ClN2O5S/c1-4-14-9-18(23)17-11-20(25(3)19(17)10-14)22(28)24-13(2)15-5-7-16(8-6-15)31(29,30)12-21(26)27/h1,5-11,13H,12H2,2-3H3,(H,24,28)(H,26,27)/t13-/m1/s1. The Morgan fingerprint density at radius 2 is 1.87 bits per heavy atom. The van der Waals surface area contributed by atoms with Crippen LogP contribution in [0.1, 0.15) is 34.6 Å². The lowest BCUT2D eigenvalue weighted by Crippen LogP contribution is -2.28. The van der Waals surface area contributed by atoms with Crippen molar-refractivity contribution < 1.29 is 23.1 Å². The van der Waals surface area contributed by atoms with Crippen LogP contribution in [0.25, 0.3) is 10.9 Å². The number of hydrogen-bond donors (Lipinski definition) is 2. The molecule has 31 heavy (non-hydrogen) atoms. The molecule has 0 saturated carbocycles. The molecule has 1 atom stereocenters. The lowest BCUT2D eigenvalue weighted by atomic mass is 10.1. The maximum atomic E-state index is 12.9. The zero-order valence-corrected chi connectivity index (χ0v) is 18.3. The van der Waals surface area contributed by atoms with E-state index < -0.39 is 27.6 Å². The topological polar surface area (TPSA) is 105 Å². The second kappa shape index (κ2) is 8.46.